The highest BCUT2D eigenvalue weighted by molar-refractivity contribution is 6.30. The van der Waals surface area contributed by atoms with Crippen LogP contribution in [0.5, 0.6) is 0 Å². The maximum Gasteiger partial charge on any atom is 0.275 e. The van der Waals surface area contributed by atoms with Crippen molar-refractivity contribution in [3.05, 3.63) is 69.7 Å². The third-order valence-corrected chi connectivity index (χ3v) is 4.71. The number of carbonyl (C=O) groups is 1. The average molecular weight is 346 g/mol. The van der Waals surface area contributed by atoms with Crippen molar-refractivity contribution in [1.29, 1.82) is 0 Å². The summed E-state index contributed by atoms with van der Waals surface area (Å²) < 4.78 is 0. The number of carbonyl (C=O) groups excluding carboxylic acids is 1. The lowest BCUT2D eigenvalue weighted by Gasteiger charge is -2.16. The molecule has 2 atom stereocenters. The lowest BCUT2D eigenvalue weighted by atomic mass is 10.0. The van der Waals surface area contributed by atoms with E-state index in [0.717, 1.165) is 16.1 Å². The summed E-state index contributed by atoms with van der Waals surface area (Å²) >= 11 is 5.91. The summed E-state index contributed by atoms with van der Waals surface area (Å²) in [5.74, 6) is 0.0431. The van der Waals surface area contributed by atoms with Gasteiger partial charge in [0.1, 0.15) is 6.04 Å². The molecule has 0 fully saturated rings. The third-order valence-electron chi connectivity index (χ3n) is 4.46. The average Bonchev–Trinajstić information content (AvgIpc) is 2.55. The molecule has 0 radical (unpaired) electrons. The van der Waals surface area contributed by atoms with Crippen LogP contribution in [-0.2, 0) is 4.79 Å². The minimum absolute atomic E-state index is 0.0102. The third kappa shape index (κ3) is 5.08. The number of nitrogens with one attached hydrogen (secondary N) is 1. The Hall–Kier alpha value is -1.84. The summed E-state index contributed by atoms with van der Waals surface area (Å²) in [5.41, 5.74) is 4.81. The van der Waals surface area contributed by atoms with Gasteiger partial charge in [-0.05, 0) is 56.5 Å². The molecule has 0 bridgehead atoms. The number of hydrogen-bond acceptors (Lipinski definition) is 1. The number of aryl methyl sites for hydroxylation is 2. The molecule has 1 amide bonds. The van der Waals surface area contributed by atoms with Gasteiger partial charge in [-0.1, -0.05) is 41.9 Å². The summed E-state index contributed by atoms with van der Waals surface area (Å²) in [6.45, 7) is 8.69. The van der Waals surface area contributed by atoms with Gasteiger partial charge in [0.05, 0.1) is 6.04 Å². The molecule has 128 valence electrons. The van der Waals surface area contributed by atoms with Crippen molar-refractivity contribution < 1.29 is 10.1 Å². The Bertz CT molecular complexity index is 697. The van der Waals surface area contributed by atoms with E-state index in [9.17, 15) is 4.79 Å². The number of halogens is 1. The van der Waals surface area contributed by atoms with Crippen molar-refractivity contribution in [3.63, 3.8) is 0 Å². The van der Waals surface area contributed by atoms with Crippen molar-refractivity contribution in [2.45, 2.75) is 39.8 Å². The number of benzene rings is 2. The van der Waals surface area contributed by atoms with Crippen molar-refractivity contribution in [1.82, 2.24) is 5.32 Å². The first kappa shape index (κ1) is 18.5. The molecule has 0 aromatic heterocycles. The van der Waals surface area contributed by atoms with E-state index in [1.165, 1.54) is 11.1 Å². The van der Waals surface area contributed by atoms with E-state index >= 15 is 0 Å². The molecule has 3 N–H and O–H groups in total. The van der Waals surface area contributed by atoms with Gasteiger partial charge in [0, 0.05) is 10.6 Å². The molecule has 0 saturated carbocycles. The molecule has 2 rings (SSSR count). The molecule has 0 aliphatic rings. The van der Waals surface area contributed by atoms with Gasteiger partial charge in [-0.15, -0.1) is 0 Å². The van der Waals surface area contributed by atoms with Crippen LogP contribution in [0.25, 0.3) is 0 Å². The van der Waals surface area contributed by atoms with E-state index in [2.05, 4.69) is 44.3 Å². The molecular weight excluding hydrogens is 320 g/mol. The van der Waals surface area contributed by atoms with Crippen LogP contribution in [0.2, 0.25) is 5.02 Å². The summed E-state index contributed by atoms with van der Waals surface area (Å²) in [6, 6.07) is 14.3. The summed E-state index contributed by atoms with van der Waals surface area (Å²) in [4.78, 5) is 12.2. The molecule has 24 heavy (non-hydrogen) atoms. The first-order valence-corrected chi connectivity index (χ1v) is 8.70. The second-order valence-electron chi connectivity index (χ2n) is 6.41. The lowest BCUT2D eigenvalue weighted by Crippen LogP contribution is -2.87. The van der Waals surface area contributed by atoms with Gasteiger partial charge in [-0.3, -0.25) is 4.79 Å². The standard InChI is InChI=1S/C20H25ClN2O/c1-13-5-6-18(11-14(13)2)16(4)23-20(24)12-22-15(3)17-7-9-19(21)10-8-17/h5-11,15-16,22H,12H2,1-4H3,(H,23,24)/p+1/t15-,16-/m1/s1. The molecule has 0 saturated heterocycles. The van der Waals surface area contributed by atoms with E-state index in [4.69, 9.17) is 11.6 Å². The van der Waals surface area contributed by atoms with E-state index in [-0.39, 0.29) is 18.0 Å². The molecular formula is C20H26ClN2O+. The van der Waals surface area contributed by atoms with Gasteiger partial charge in [0.15, 0.2) is 6.54 Å². The van der Waals surface area contributed by atoms with Gasteiger partial charge in [0.2, 0.25) is 0 Å². The largest absolute Gasteiger partial charge is 0.345 e. The molecule has 2 aromatic carbocycles. The number of rotatable bonds is 6. The summed E-state index contributed by atoms with van der Waals surface area (Å²) in [5, 5.41) is 5.83. The van der Waals surface area contributed by atoms with Crippen molar-refractivity contribution in [2.75, 3.05) is 6.54 Å². The summed E-state index contributed by atoms with van der Waals surface area (Å²) in [7, 11) is 0. The summed E-state index contributed by atoms with van der Waals surface area (Å²) in [6.07, 6.45) is 0. The van der Waals surface area contributed by atoms with Crippen molar-refractivity contribution in [3.8, 4) is 0 Å². The molecule has 0 heterocycles. The van der Waals surface area contributed by atoms with Gasteiger partial charge < -0.3 is 10.6 Å². The van der Waals surface area contributed by atoms with Crippen LogP contribution < -0.4 is 10.6 Å². The zero-order chi connectivity index (χ0) is 17.7. The SMILES string of the molecule is Cc1ccc([C@@H](C)NC(=O)C[NH2+][C@H](C)c2ccc(Cl)cc2)cc1C. The fourth-order valence-electron chi connectivity index (χ4n) is 2.60. The predicted molar refractivity (Wildman–Crippen MR) is 99.1 cm³/mol. The van der Waals surface area contributed by atoms with Crippen LogP contribution in [0.3, 0.4) is 0 Å². The van der Waals surface area contributed by atoms with E-state index < -0.39 is 0 Å². The van der Waals surface area contributed by atoms with Crippen molar-refractivity contribution >= 4 is 17.5 Å². The molecule has 0 aliphatic heterocycles. The smallest absolute Gasteiger partial charge is 0.275 e. The highest BCUT2D eigenvalue weighted by Gasteiger charge is 2.14. The molecule has 2 aromatic rings. The van der Waals surface area contributed by atoms with Crippen LogP contribution in [0, 0.1) is 13.8 Å². The molecule has 3 nitrogen and oxygen atoms in total. The second kappa shape index (κ2) is 8.32. The van der Waals surface area contributed by atoms with E-state index in [1.807, 2.05) is 36.5 Å². The van der Waals surface area contributed by atoms with Crippen LogP contribution in [-0.4, -0.2) is 12.5 Å². The fraction of sp³-hybridized carbons (Fsp3) is 0.350. The Morgan fingerprint density at radius 3 is 2.29 bits per heavy atom. The zero-order valence-electron chi connectivity index (χ0n) is 14.8. The van der Waals surface area contributed by atoms with Gasteiger partial charge in [-0.2, -0.15) is 0 Å². The van der Waals surface area contributed by atoms with Gasteiger partial charge >= 0.3 is 0 Å². The zero-order valence-corrected chi connectivity index (χ0v) is 15.5. The normalized spacial score (nSPS) is 13.4. The van der Waals surface area contributed by atoms with Crippen LogP contribution in [0.15, 0.2) is 42.5 Å². The Morgan fingerprint density at radius 2 is 1.67 bits per heavy atom. The highest BCUT2D eigenvalue weighted by Crippen LogP contribution is 2.16. The van der Waals surface area contributed by atoms with Crippen LogP contribution in [0.4, 0.5) is 0 Å². The molecule has 0 spiro atoms. The molecule has 0 aliphatic carbocycles. The highest BCUT2D eigenvalue weighted by atomic mass is 35.5. The first-order chi connectivity index (χ1) is 11.4. The molecule has 0 unspecified atom stereocenters. The molecule has 4 heteroatoms. The second-order valence-corrected chi connectivity index (χ2v) is 6.85. The number of amides is 1. The number of quaternary nitrogens is 1. The van der Waals surface area contributed by atoms with Gasteiger partial charge in [-0.25, -0.2) is 0 Å². The van der Waals surface area contributed by atoms with Crippen LogP contribution in [0.1, 0.15) is 48.2 Å². The predicted octanol–water partition coefficient (Wildman–Crippen LogP) is 3.46. The number of hydrogen-bond donors (Lipinski definition) is 2. The van der Waals surface area contributed by atoms with E-state index in [1.54, 1.807) is 0 Å². The van der Waals surface area contributed by atoms with Crippen molar-refractivity contribution in [2.24, 2.45) is 0 Å². The quantitative estimate of drug-likeness (QED) is 0.827. The Balaban J connectivity index is 1.86. The topological polar surface area (TPSA) is 45.7 Å². The Labute approximate surface area is 149 Å². The minimum Gasteiger partial charge on any atom is -0.345 e. The fourth-order valence-corrected chi connectivity index (χ4v) is 2.73. The Morgan fingerprint density at radius 1 is 1.04 bits per heavy atom. The minimum atomic E-state index is 0.0102. The Kier molecular flexibility index (Phi) is 6.41. The van der Waals surface area contributed by atoms with Gasteiger partial charge in [0.25, 0.3) is 5.91 Å². The lowest BCUT2D eigenvalue weighted by molar-refractivity contribution is -0.682. The maximum absolute atomic E-state index is 12.2. The monoisotopic (exact) mass is 345 g/mol. The van der Waals surface area contributed by atoms with Crippen LogP contribution >= 0.6 is 11.6 Å². The first-order valence-electron chi connectivity index (χ1n) is 8.32. The number of nitrogens with two attached hydrogens (primary N) is 1. The van der Waals surface area contributed by atoms with E-state index in [0.29, 0.717) is 6.54 Å². The maximum atomic E-state index is 12.2.